The van der Waals surface area contributed by atoms with E-state index in [1.54, 1.807) is 18.7 Å². The highest BCUT2D eigenvalue weighted by atomic mass is 16.6. The second-order valence-corrected chi connectivity index (χ2v) is 7.99. The van der Waals surface area contributed by atoms with Crippen LogP contribution in [0.25, 0.3) is 0 Å². The van der Waals surface area contributed by atoms with Crippen LogP contribution in [0.4, 0.5) is 0 Å². The minimum absolute atomic E-state index is 0.0583. The van der Waals surface area contributed by atoms with Gasteiger partial charge in [-0.25, -0.2) is 9.67 Å². The summed E-state index contributed by atoms with van der Waals surface area (Å²) in [6, 6.07) is 6.24. The standard InChI is InChI=1S/C21H28N4O2/c1-6-9-26-24-20(21(3,4)5)18(25-14-22-13-23-25)12-17-11-16-10-15(2)7-8-19(16)27-17/h6-8,10,13-14,17-18H,1,9,11-12H2,2-5H3. The molecule has 0 saturated carbocycles. The highest BCUT2D eigenvalue weighted by Crippen LogP contribution is 2.35. The van der Waals surface area contributed by atoms with Gasteiger partial charge in [0.25, 0.3) is 0 Å². The van der Waals surface area contributed by atoms with E-state index in [0.29, 0.717) is 6.61 Å². The molecule has 144 valence electrons. The number of hydrogen-bond acceptors (Lipinski definition) is 5. The average molecular weight is 368 g/mol. The fourth-order valence-electron chi connectivity index (χ4n) is 3.41. The lowest BCUT2D eigenvalue weighted by molar-refractivity contribution is 0.163. The first-order valence-corrected chi connectivity index (χ1v) is 9.30. The van der Waals surface area contributed by atoms with Crippen molar-refractivity contribution >= 4 is 5.71 Å². The van der Waals surface area contributed by atoms with Crippen LogP contribution >= 0.6 is 0 Å². The molecule has 0 fully saturated rings. The Bertz CT molecular complexity index is 806. The average Bonchev–Trinajstić information content (AvgIpc) is 3.25. The SMILES string of the molecule is C=CCON=C(C(CC1Cc2cc(C)ccc2O1)n1cncn1)C(C)(C)C. The van der Waals surface area contributed by atoms with Crippen LogP contribution in [0.1, 0.15) is 44.4 Å². The molecular formula is C21H28N4O2. The maximum atomic E-state index is 6.21. The summed E-state index contributed by atoms with van der Waals surface area (Å²) in [5, 5.41) is 8.83. The number of oxime groups is 1. The summed E-state index contributed by atoms with van der Waals surface area (Å²) in [6.07, 6.45) is 6.64. The lowest BCUT2D eigenvalue weighted by Crippen LogP contribution is -2.35. The topological polar surface area (TPSA) is 61.5 Å². The Morgan fingerprint density at radius 1 is 1.48 bits per heavy atom. The van der Waals surface area contributed by atoms with Crippen molar-refractivity contribution in [3.8, 4) is 5.75 Å². The van der Waals surface area contributed by atoms with E-state index in [1.807, 2.05) is 4.68 Å². The van der Waals surface area contributed by atoms with E-state index in [1.165, 1.54) is 11.1 Å². The lowest BCUT2D eigenvalue weighted by Gasteiger charge is -2.29. The summed E-state index contributed by atoms with van der Waals surface area (Å²) in [6.45, 7) is 12.5. The monoisotopic (exact) mass is 368 g/mol. The van der Waals surface area contributed by atoms with Gasteiger partial charge in [-0.3, -0.25) is 0 Å². The van der Waals surface area contributed by atoms with E-state index in [2.05, 4.69) is 67.7 Å². The van der Waals surface area contributed by atoms with Gasteiger partial charge in [-0.05, 0) is 18.6 Å². The fraction of sp³-hybridized carbons (Fsp3) is 0.476. The minimum atomic E-state index is -0.195. The van der Waals surface area contributed by atoms with Gasteiger partial charge in [0.1, 0.15) is 31.1 Å². The van der Waals surface area contributed by atoms with Crippen molar-refractivity contribution in [1.29, 1.82) is 0 Å². The predicted octanol–water partition coefficient (Wildman–Crippen LogP) is 4.13. The van der Waals surface area contributed by atoms with E-state index >= 15 is 0 Å². The van der Waals surface area contributed by atoms with Crippen molar-refractivity contribution in [3.63, 3.8) is 0 Å². The van der Waals surface area contributed by atoms with Crippen LogP contribution in [0.5, 0.6) is 5.75 Å². The van der Waals surface area contributed by atoms with Crippen LogP contribution < -0.4 is 4.74 Å². The lowest BCUT2D eigenvalue weighted by atomic mass is 9.83. The van der Waals surface area contributed by atoms with Gasteiger partial charge < -0.3 is 9.57 Å². The summed E-state index contributed by atoms with van der Waals surface area (Å²) in [4.78, 5) is 9.59. The molecule has 0 aliphatic carbocycles. The summed E-state index contributed by atoms with van der Waals surface area (Å²) < 4.78 is 8.05. The number of aryl methyl sites for hydroxylation is 1. The first-order chi connectivity index (χ1) is 12.9. The van der Waals surface area contributed by atoms with Crippen molar-refractivity contribution in [2.75, 3.05) is 6.61 Å². The molecule has 0 saturated heterocycles. The Morgan fingerprint density at radius 2 is 2.30 bits per heavy atom. The largest absolute Gasteiger partial charge is 0.490 e. The van der Waals surface area contributed by atoms with E-state index in [4.69, 9.17) is 9.57 Å². The molecule has 0 amide bonds. The first-order valence-electron chi connectivity index (χ1n) is 9.30. The maximum Gasteiger partial charge on any atom is 0.137 e. The molecule has 0 N–H and O–H groups in total. The Morgan fingerprint density at radius 3 is 2.96 bits per heavy atom. The molecule has 1 aliphatic rings. The maximum absolute atomic E-state index is 6.21. The highest BCUT2D eigenvalue weighted by molar-refractivity contribution is 5.92. The normalized spacial score (nSPS) is 17.9. The van der Waals surface area contributed by atoms with Gasteiger partial charge in [-0.2, -0.15) is 5.10 Å². The zero-order chi connectivity index (χ0) is 19.4. The molecule has 2 aromatic rings. The van der Waals surface area contributed by atoms with Crippen LogP contribution in [-0.4, -0.2) is 33.2 Å². The minimum Gasteiger partial charge on any atom is -0.490 e. The van der Waals surface area contributed by atoms with Gasteiger partial charge >= 0.3 is 0 Å². The van der Waals surface area contributed by atoms with Crippen molar-refractivity contribution in [3.05, 3.63) is 54.6 Å². The molecule has 6 nitrogen and oxygen atoms in total. The molecule has 0 bridgehead atoms. The third kappa shape index (κ3) is 4.56. The molecule has 27 heavy (non-hydrogen) atoms. The van der Waals surface area contributed by atoms with Gasteiger partial charge in [0.15, 0.2) is 0 Å². The van der Waals surface area contributed by atoms with Crippen molar-refractivity contribution in [1.82, 2.24) is 14.8 Å². The van der Waals surface area contributed by atoms with Crippen LogP contribution in [0.2, 0.25) is 0 Å². The molecule has 1 aromatic carbocycles. The van der Waals surface area contributed by atoms with Gasteiger partial charge in [-0.15, -0.1) is 0 Å². The van der Waals surface area contributed by atoms with Crippen molar-refractivity contribution in [2.24, 2.45) is 10.6 Å². The smallest absolute Gasteiger partial charge is 0.137 e. The predicted molar refractivity (Wildman–Crippen MR) is 106 cm³/mol. The number of rotatable bonds is 7. The third-order valence-electron chi connectivity index (χ3n) is 4.64. The number of benzene rings is 1. The van der Waals surface area contributed by atoms with Crippen molar-refractivity contribution < 1.29 is 9.57 Å². The highest BCUT2D eigenvalue weighted by Gasteiger charge is 2.35. The van der Waals surface area contributed by atoms with Crippen LogP contribution in [-0.2, 0) is 11.3 Å². The Hall–Kier alpha value is -2.63. The summed E-state index contributed by atoms with van der Waals surface area (Å²) >= 11 is 0. The van der Waals surface area contributed by atoms with Crippen molar-refractivity contribution in [2.45, 2.75) is 52.7 Å². The zero-order valence-electron chi connectivity index (χ0n) is 16.6. The van der Waals surface area contributed by atoms with Gasteiger partial charge in [0.2, 0.25) is 0 Å². The van der Waals surface area contributed by atoms with Crippen LogP contribution in [0.15, 0.2) is 48.7 Å². The summed E-state index contributed by atoms with van der Waals surface area (Å²) in [5.41, 5.74) is 3.22. The molecule has 0 spiro atoms. The Labute approximate surface area is 160 Å². The molecule has 0 radical (unpaired) electrons. The molecule has 3 rings (SSSR count). The van der Waals surface area contributed by atoms with E-state index in [0.717, 1.165) is 24.3 Å². The molecule has 2 heterocycles. The molecular weight excluding hydrogens is 340 g/mol. The van der Waals surface area contributed by atoms with Crippen LogP contribution in [0, 0.1) is 12.3 Å². The van der Waals surface area contributed by atoms with E-state index < -0.39 is 0 Å². The number of fused-ring (bicyclic) bond motifs is 1. The Balaban J connectivity index is 1.86. The van der Waals surface area contributed by atoms with Gasteiger partial charge in [-0.1, -0.05) is 56.3 Å². The first kappa shape index (κ1) is 19.1. The number of ether oxygens (including phenoxy) is 1. The zero-order valence-corrected chi connectivity index (χ0v) is 16.6. The quantitative estimate of drug-likeness (QED) is 0.319. The van der Waals surface area contributed by atoms with Gasteiger partial charge in [0, 0.05) is 18.3 Å². The molecule has 2 unspecified atom stereocenters. The molecule has 2 atom stereocenters. The molecule has 1 aromatic heterocycles. The summed E-state index contributed by atoms with van der Waals surface area (Å²) in [5.74, 6) is 0.972. The Kier molecular flexibility index (Phi) is 5.63. The van der Waals surface area contributed by atoms with E-state index in [-0.39, 0.29) is 17.6 Å². The number of nitrogens with zero attached hydrogens (tertiary/aromatic N) is 4. The molecule has 6 heteroatoms. The number of aromatic nitrogens is 3. The third-order valence-corrected chi connectivity index (χ3v) is 4.64. The fourth-order valence-corrected chi connectivity index (χ4v) is 3.41. The second kappa shape index (κ2) is 7.94. The summed E-state index contributed by atoms with van der Waals surface area (Å²) in [7, 11) is 0. The van der Waals surface area contributed by atoms with Crippen LogP contribution in [0.3, 0.4) is 0 Å². The van der Waals surface area contributed by atoms with Gasteiger partial charge in [0.05, 0.1) is 11.8 Å². The molecule has 1 aliphatic heterocycles. The second-order valence-electron chi connectivity index (χ2n) is 7.99. The van der Waals surface area contributed by atoms with E-state index in [9.17, 15) is 0 Å². The number of hydrogen-bond donors (Lipinski definition) is 0.